The summed E-state index contributed by atoms with van der Waals surface area (Å²) in [5.41, 5.74) is 7.46. The number of benzene rings is 5. The molecule has 0 fully saturated rings. The number of rotatable bonds is 15. The van der Waals surface area contributed by atoms with E-state index < -0.39 is 17.4 Å². The van der Waals surface area contributed by atoms with Gasteiger partial charge in [-0.25, -0.2) is 9.59 Å². The molecule has 50 heavy (non-hydrogen) atoms. The second kappa shape index (κ2) is 15.2. The Balaban J connectivity index is 1.49. The fourth-order valence-corrected chi connectivity index (χ4v) is 6.98. The predicted octanol–water partition coefficient (Wildman–Crippen LogP) is 8.27. The number of anilines is 1. The minimum atomic E-state index is -0.673. The van der Waals surface area contributed by atoms with Crippen molar-refractivity contribution in [3.05, 3.63) is 151 Å². The molecular formula is C43H41NO6. The van der Waals surface area contributed by atoms with Crippen LogP contribution in [0, 0.1) is 0 Å². The van der Waals surface area contributed by atoms with Gasteiger partial charge in [0, 0.05) is 30.9 Å². The Kier molecular flexibility index (Phi) is 10.3. The lowest BCUT2D eigenvalue weighted by atomic mass is 9.67. The number of hydrogen-bond acceptors (Lipinski definition) is 7. The van der Waals surface area contributed by atoms with E-state index in [1.165, 1.54) is 38.7 Å². The van der Waals surface area contributed by atoms with Gasteiger partial charge in [0.2, 0.25) is 0 Å². The minimum absolute atomic E-state index is 0.129. The molecule has 254 valence electrons. The molecular weight excluding hydrogens is 626 g/mol. The lowest BCUT2D eigenvalue weighted by Crippen LogP contribution is -2.29. The molecule has 0 amide bonds. The molecule has 0 unspecified atom stereocenters. The minimum Gasteiger partial charge on any atom is -0.490 e. The summed E-state index contributed by atoms with van der Waals surface area (Å²) in [6.45, 7) is 13.7. The van der Waals surface area contributed by atoms with E-state index in [2.05, 4.69) is 111 Å². The average molecular weight is 668 g/mol. The highest BCUT2D eigenvalue weighted by atomic mass is 16.6. The number of fused-ring (bicyclic) bond motifs is 5. The Labute approximate surface area is 293 Å². The lowest BCUT2D eigenvalue weighted by Gasteiger charge is -2.35. The number of esters is 2. The summed E-state index contributed by atoms with van der Waals surface area (Å²) in [5.74, 6) is 0.392. The van der Waals surface area contributed by atoms with Gasteiger partial charge in [-0.1, -0.05) is 79.9 Å². The van der Waals surface area contributed by atoms with Gasteiger partial charge < -0.3 is 23.8 Å². The molecule has 1 aliphatic carbocycles. The molecule has 0 saturated carbocycles. The maximum Gasteiger partial charge on any atom is 0.330 e. The van der Waals surface area contributed by atoms with Gasteiger partial charge in [-0.2, -0.15) is 0 Å². The molecule has 0 spiro atoms. The van der Waals surface area contributed by atoms with Crippen LogP contribution in [0.1, 0.15) is 36.1 Å². The molecule has 0 aliphatic heterocycles. The van der Waals surface area contributed by atoms with Crippen molar-refractivity contribution in [3.63, 3.8) is 0 Å². The first-order valence-corrected chi connectivity index (χ1v) is 16.9. The predicted molar refractivity (Wildman–Crippen MR) is 198 cm³/mol. The second-order valence-corrected chi connectivity index (χ2v) is 11.9. The fraction of sp³-hybridized carbons (Fsp3) is 0.209. The maximum absolute atomic E-state index is 11.5. The van der Waals surface area contributed by atoms with Crippen LogP contribution in [0.2, 0.25) is 0 Å². The highest BCUT2D eigenvalue weighted by Crippen LogP contribution is 2.58. The first-order valence-electron chi connectivity index (χ1n) is 16.9. The fourth-order valence-electron chi connectivity index (χ4n) is 6.98. The molecule has 7 heteroatoms. The van der Waals surface area contributed by atoms with Gasteiger partial charge >= 0.3 is 11.9 Å². The molecule has 0 aromatic heterocycles. The summed E-state index contributed by atoms with van der Waals surface area (Å²) in [6, 6.07) is 36.3. The van der Waals surface area contributed by atoms with Crippen LogP contribution in [0.5, 0.6) is 11.5 Å². The quantitative estimate of drug-likeness (QED) is 0.0620. The molecule has 0 bridgehead atoms. The molecule has 6 rings (SSSR count). The normalized spacial score (nSPS) is 12.4. The van der Waals surface area contributed by atoms with Gasteiger partial charge in [0.1, 0.15) is 37.9 Å². The van der Waals surface area contributed by atoms with E-state index >= 15 is 0 Å². The number of ether oxygens (including phenoxy) is 4. The molecule has 0 saturated heterocycles. The van der Waals surface area contributed by atoms with Crippen LogP contribution in [0.4, 0.5) is 5.69 Å². The van der Waals surface area contributed by atoms with Gasteiger partial charge in [-0.3, -0.25) is 0 Å². The zero-order valence-corrected chi connectivity index (χ0v) is 28.5. The van der Waals surface area contributed by atoms with Crippen molar-refractivity contribution in [3.8, 4) is 22.6 Å². The molecule has 0 N–H and O–H groups in total. The molecule has 0 heterocycles. The summed E-state index contributed by atoms with van der Waals surface area (Å²) in [7, 11) is 0. The largest absolute Gasteiger partial charge is 0.490 e. The van der Waals surface area contributed by atoms with Crippen LogP contribution in [-0.4, -0.2) is 51.5 Å². The zero-order valence-electron chi connectivity index (χ0n) is 28.5. The summed E-state index contributed by atoms with van der Waals surface area (Å²) >= 11 is 0. The molecule has 0 atom stereocenters. The van der Waals surface area contributed by atoms with E-state index in [1.54, 1.807) is 0 Å². The van der Waals surface area contributed by atoms with Crippen molar-refractivity contribution >= 4 is 28.4 Å². The summed E-state index contributed by atoms with van der Waals surface area (Å²) in [6.07, 6.45) is 2.28. The number of carbonyl (C=O) groups is 2. The Morgan fingerprint density at radius 2 is 1.22 bits per heavy atom. The van der Waals surface area contributed by atoms with E-state index in [9.17, 15) is 9.59 Å². The standard InChI is InChI=1S/C43H41NO6/c1-5-40(45)49-27-25-47-34-19-14-31(15-20-34)43(32-16-21-35(22-17-32)48-26-28-50-41(46)6-2)38-24-13-30-11-9-10-12-36(30)42(38)37-23-18-33(29-39(37)43)44(7-3)8-4/h5-6,9-24,29H,1-2,7-8,25-28H2,3-4H3. The smallest absolute Gasteiger partial charge is 0.330 e. The zero-order chi connectivity index (χ0) is 35.1. The number of carbonyl (C=O) groups excluding carboxylic acids is 2. The molecule has 5 aromatic carbocycles. The van der Waals surface area contributed by atoms with Crippen molar-refractivity contribution in [2.24, 2.45) is 0 Å². The van der Waals surface area contributed by atoms with Crippen LogP contribution in [0.15, 0.2) is 128 Å². The van der Waals surface area contributed by atoms with Gasteiger partial charge in [-0.05, 0) is 94.4 Å². The van der Waals surface area contributed by atoms with Gasteiger partial charge in [-0.15, -0.1) is 0 Å². The SMILES string of the molecule is C=CC(=O)OCCOc1ccc(C2(c3ccc(OCCOC(=O)C=C)cc3)c3cc(N(CC)CC)ccc3-c3c2ccc2ccccc32)cc1. The lowest BCUT2D eigenvalue weighted by molar-refractivity contribution is -0.139. The highest BCUT2D eigenvalue weighted by Gasteiger charge is 2.47. The Morgan fingerprint density at radius 3 is 1.76 bits per heavy atom. The van der Waals surface area contributed by atoms with Crippen LogP contribution >= 0.6 is 0 Å². The van der Waals surface area contributed by atoms with E-state index in [0.29, 0.717) is 11.5 Å². The van der Waals surface area contributed by atoms with Crippen molar-refractivity contribution in [1.29, 1.82) is 0 Å². The third-order valence-electron chi connectivity index (χ3n) is 9.24. The van der Waals surface area contributed by atoms with E-state index in [1.807, 2.05) is 24.3 Å². The van der Waals surface area contributed by atoms with Crippen LogP contribution < -0.4 is 14.4 Å². The maximum atomic E-state index is 11.5. The molecule has 5 aromatic rings. The Hall–Kier alpha value is -5.82. The average Bonchev–Trinajstić information content (AvgIpc) is 3.46. The highest BCUT2D eigenvalue weighted by molar-refractivity contribution is 6.04. The van der Waals surface area contributed by atoms with Crippen LogP contribution in [-0.2, 0) is 24.5 Å². The van der Waals surface area contributed by atoms with E-state index in [0.717, 1.165) is 36.4 Å². The third-order valence-corrected chi connectivity index (χ3v) is 9.24. The molecule has 1 aliphatic rings. The molecule has 7 nitrogen and oxygen atoms in total. The molecule has 0 radical (unpaired) electrons. The Morgan fingerprint density at radius 1 is 0.660 bits per heavy atom. The van der Waals surface area contributed by atoms with Crippen molar-refractivity contribution in [2.75, 3.05) is 44.4 Å². The monoisotopic (exact) mass is 667 g/mol. The van der Waals surface area contributed by atoms with Crippen LogP contribution in [0.25, 0.3) is 21.9 Å². The van der Waals surface area contributed by atoms with Crippen molar-refractivity contribution in [1.82, 2.24) is 0 Å². The first-order chi connectivity index (χ1) is 24.4. The van der Waals surface area contributed by atoms with Crippen molar-refractivity contribution in [2.45, 2.75) is 19.3 Å². The second-order valence-electron chi connectivity index (χ2n) is 11.9. The van der Waals surface area contributed by atoms with E-state index in [4.69, 9.17) is 18.9 Å². The third kappa shape index (κ3) is 6.47. The van der Waals surface area contributed by atoms with Gasteiger partial charge in [0.25, 0.3) is 0 Å². The number of nitrogens with zero attached hydrogens (tertiary/aromatic N) is 1. The van der Waals surface area contributed by atoms with Gasteiger partial charge in [0.15, 0.2) is 0 Å². The topological polar surface area (TPSA) is 74.3 Å². The summed E-state index contributed by atoms with van der Waals surface area (Å²) in [4.78, 5) is 25.3. The van der Waals surface area contributed by atoms with Crippen molar-refractivity contribution < 1.29 is 28.5 Å². The summed E-state index contributed by atoms with van der Waals surface area (Å²) < 4.78 is 22.1. The first kappa shape index (κ1) is 34.1. The van der Waals surface area contributed by atoms with Crippen LogP contribution in [0.3, 0.4) is 0 Å². The summed E-state index contributed by atoms with van der Waals surface area (Å²) in [5, 5.41) is 2.38. The van der Waals surface area contributed by atoms with E-state index in [-0.39, 0.29) is 26.4 Å². The number of hydrogen-bond donors (Lipinski definition) is 0. The Bertz CT molecular complexity index is 1940. The van der Waals surface area contributed by atoms with Gasteiger partial charge in [0.05, 0.1) is 5.41 Å².